The summed E-state index contributed by atoms with van der Waals surface area (Å²) in [5.41, 5.74) is 0. The van der Waals surface area contributed by atoms with Crippen molar-refractivity contribution in [1.29, 1.82) is 0 Å². The van der Waals surface area contributed by atoms with Crippen LogP contribution >= 0.6 is 15.2 Å². The second-order valence-corrected chi connectivity index (χ2v) is 9.41. The first-order valence-corrected chi connectivity index (χ1v) is 12.0. The number of nitrogens with zero attached hydrogens (tertiary/aromatic N) is 1. The fourth-order valence-electron chi connectivity index (χ4n) is 2.53. The molecule has 4 N–H and O–H groups in total. The molecule has 0 unspecified atom stereocenters. The normalized spacial score (nSPS) is 11.5. The first kappa shape index (κ1) is 36.6. The zero-order valence-corrected chi connectivity index (χ0v) is 24.9. The Morgan fingerprint density at radius 2 is 0.923 bits per heavy atom. The van der Waals surface area contributed by atoms with Crippen molar-refractivity contribution in [2.24, 2.45) is 0 Å². The van der Waals surface area contributed by atoms with Crippen molar-refractivity contribution >= 4 is 104 Å². The molecule has 0 aliphatic heterocycles. The van der Waals surface area contributed by atoms with E-state index in [1.165, 1.54) is 43.4 Å². The summed E-state index contributed by atoms with van der Waals surface area (Å²) in [4.78, 5) is 37.0. The maximum absolute atomic E-state index is 11.0. The van der Waals surface area contributed by atoms with Crippen LogP contribution < -0.4 is 0 Å². The largest absolute Gasteiger partial charge is 0.339 e. The Morgan fingerprint density at radius 1 is 0.615 bits per heavy atom. The molecule has 7 nitrogen and oxygen atoms in total. The van der Waals surface area contributed by atoms with Gasteiger partial charge in [0.05, 0.1) is 0 Å². The van der Waals surface area contributed by atoms with Crippen LogP contribution in [0.2, 0.25) is 0 Å². The topological polar surface area (TPSA) is 118 Å². The van der Waals surface area contributed by atoms with Gasteiger partial charge in [0.2, 0.25) is 0 Å². The molecule has 0 fully saturated rings. The van der Waals surface area contributed by atoms with Gasteiger partial charge in [-0.1, -0.05) is 64.7 Å². The molecule has 0 atom stereocenters. The molecule has 0 aliphatic carbocycles. The maximum Gasteiger partial charge on any atom is 0.339 e. The smallest absolute Gasteiger partial charge is 0.324 e. The third kappa shape index (κ3) is 29.5. The minimum absolute atomic E-state index is 0. The van der Waals surface area contributed by atoms with Crippen LogP contribution in [0.5, 0.6) is 0 Å². The fraction of sp³-hybridized carbons (Fsp3) is 1.00. The molecule has 0 heterocycles. The molecule has 26 heavy (non-hydrogen) atoms. The second-order valence-electron chi connectivity index (χ2n) is 6.19. The molecule has 12 heteroatoms. The fourth-order valence-corrected chi connectivity index (χ4v) is 4.21. The van der Waals surface area contributed by atoms with Crippen LogP contribution in [0, 0.1) is 0 Å². The van der Waals surface area contributed by atoms with E-state index >= 15 is 0 Å². The molecule has 143 valence electrons. The van der Waals surface area contributed by atoms with Crippen LogP contribution in [-0.4, -0.2) is 132 Å². The van der Waals surface area contributed by atoms with E-state index in [1.807, 2.05) is 0 Å². The van der Waals surface area contributed by atoms with Gasteiger partial charge in [0.1, 0.15) is 12.6 Å². The third-order valence-electron chi connectivity index (χ3n) is 3.60. The molecular formula is C14H33NNa3O6P2. The molecule has 0 aromatic carbocycles. The molecule has 0 amide bonds. The Balaban J connectivity index is -0.000000807. The van der Waals surface area contributed by atoms with Crippen LogP contribution in [0.3, 0.4) is 0 Å². The summed E-state index contributed by atoms with van der Waals surface area (Å²) in [6, 6.07) is 0. The molecular weight excluding hydrogens is 409 g/mol. The van der Waals surface area contributed by atoms with Crippen molar-refractivity contribution in [3.8, 4) is 0 Å². The Morgan fingerprint density at radius 3 is 1.23 bits per heavy atom. The number of unbranched alkanes of at least 4 members (excludes halogenated alkanes) is 9. The second kappa shape index (κ2) is 21.5. The van der Waals surface area contributed by atoms with E-state index in [2.05, 4.69) is 6.92 Å². The number of hydrogen-bond donors (Lipinski definition) is 4. The minimum Gasteiger partial charge on any atom is -0.324 e. The third-order valence-corrected chi connectivity index (χ3v) is 5.13. The van der Waals surface area contributed by atoms with Crippen molar-refractivity contribution in [2.45, 2.75) is 71.1 Å². The van der Waals surface area contributed by atoms with Crippen LogP contribution in [-0.2, 0) is 9.13 Å². The van der Waals surface area contributed by atoms with Gasteiger partial charge in [-0.15, -0.1) is 0 Å². The van der Waals surface area contributed by atoms with Gasteiger partial charge in [-0.2, -0.15) is 0 Å². The van der Waals surface area contributed by atoms with Gasteiger partial charge < -0.3 is 19.6 Å². The van der Waals surface area contributed by atoms with Crippen LogP contribution in [0.25, 0.3) is 0 Å². The quantitative estimate of drug-likeness (QED) is 0.175. The molecule has 3 radical (unpaired) electrons. The molecule has 0 saturated heterocycles. The SMILES string of the molecule is CCCCCCCCCCCCN(CP(=O)(O)O)CP(=O)(O)O.[Na].[Na].[Na]. The van der Waals surface area contributed by atoms with Gasteiger partial charge in [-0.25, -0.2) is 0 Å². The summed E-state index contributed by atoms with van der Waals surface area (Å²) < 4.78 is 22.0. The summed E-state index contributed by atoms with van der Waals surface area (Å²) in [6.45, 7) is 2.49. The van der Waals surface area contributed by atoms with Crippen LogP contribution in [0.1, 0.15) is 71.1 Å². The predicted octanol–water partition coefficient (Wildman–Crippen LogP) is 2.34. The number of hydrogen-bond acceptors (Lipinski definition) is 3. The van der Waals surface area contributed by atoms with Gasteiger partial charge >= 0.3 is 15.2 Å². The van der Waals surface area contributed by atoms with E-state index in [1.54, 1.807) is 0 Å². The Labute approximate surface area is 225 Å². The first-order chi connectivity index (χ1) is 10.6. The Kier molecular flexibility index (Phi) is 30.3. The molecule has 0 aromatic rings. The maximum atomic E-state index is 11.0. The molecule has 0 aromatic heterocycles. The average Bonchev–Trinajstić information content (AvgIpc) is 2.37. The zero-order chi connectivity index (χ0) is 17.8. The summed E-state index contributed by atoms with van der Waals surface area (Å²) in [7, 11) is -8.61. The molecule has 0 spiro atoms. The minimum atomic E-state index is -4.31. The van der Waals surface area contributed by atoms with E-state index in [0.717, 1.165) is 19.3 Å². The molecule has 0 rings (SSSR count). The van der Waals surface area contributed by atoms with E-state index in [9.17, 15) is 9.13 Å². The Hall–Kier alpha value is 3.26. The molecule has 0 bridgehead atoms. The molecule has 0 aliphatic rings. The van der Waals surface area contributed by atoms with Crippen molar-refractivity contribution < 1.29 is 28.7 Å². The van der Waals surface area contributed by atoms with Gasteiger partial charge in [-0.05, 0) is 13.0 Å². The predicted molar refractivity (Wildman–Crippen MR) is 110 cm³/mol. The van der Waals surface area contributed by atoms with E-state index in [4.69, 9.17) is 19.6 Å². The van der Waals surface area contributed by atoms with Crippen molar-refractivity contribution in [3.05, 3.63) is 0 Å². The van der Waals surface area contributed by atoms with Gasteiger partial charge in [0.25, 0.3) is 0 Å². The summed E-state index contributed by atoms with van der Waals surface area (Å²) in [6.07, 6.45) is 10.2. The first-order valence-electron chi connectivity index (χ1n) is 8.45. The van der Waals surface area contributed by atoms with Crippen LogP contribution in [0.15, 0.2) is 0 Å². The Bertz CT molecular complexity index is 371. The standard InChI is InChI=1S/C14H33NO6P2.3Na/c1-2-3-4-5-6-7-8-9-10-11-12-15(13-22(16,17)18)14-23(19,20)21;;;/h2-14H2,1H3,(H2,16,17,18)(H2,19,20,21);;;. The monoisotopic (exact) mass is 442 g/mol. The van der Waals surface area contributed by atoms with Gasteiger partial charge in [0, 0.05) is 88.7 Å². The average molecular weight is 442 g/mol. The number of rotatable bonds is 15. The van der Waals surface area contributed by atoms with Crippen molar-refractivity contribution in [3.63, 3.8) is 0 Å². The molecule has 0 saturated carbocycles. The van der Waals surface area contributed by atoms with Gasteiger partial charge in [0.15, 0.2) is 0 Å². The van der Waals surface area contributed by atoms with E-state index < -0.39 is 27.8 Å². The van der Waals surface area contributed by atoms with Gasteiger partial charge in [-0.3, -0.25) is 14.0 Å². The van der Waals surface area contributed by atoms with E-state index in [-0.39, 0.29) is 88.7 Å². The summed E-state index contributed by atoms with van der Waals surface area (Å²) in [5.74, 6) is 0. The zero-order valence-electron chi connectivity index (χ0n) is 17.1. The van der Waals surface area contributed by atoms with Crippen molar-refractivity contribution in [2.75, 3.05) is 19.1 Å². The van der Waals surface area contributed by atoms with E-state index in [0.29, 0.717) is 13.0 Å². The summed E-state index contributed by atoms with van der Waals surface area (Å²) in [5, 5.41) is 0. The van der Waals surface area contributed by atoms with Crippen molar-refractivity contribution in [1.82, 2.24) is 4.90 Å². The van der Waals surface area contributed by atoms with Crippen LogP contribution in [0.4, 0.5) is 0 Å². The summed E-state index contributed by atoms with van der Waals surface area (Å²) >= 11 is 0.